The maximum absolute atomic E-state index is 11.6. The number of hydrogen-bond acceptors (Lipinski definition) is 3. The van der Waals surface area contributed by atoms with Crippen molar-refractivity contribution in [2.24, 2.45) is 4.99 Å². The zero-order valence-corrected chi connectivity index (χ0v) is 18.0. The number of rotatable bonds is 9. The Hall–Kier alpha value is -1.51. The van der Waals surface area contributed by atoms with Crippen LogP contribution in [0.1, 0.15) is 38.3 Å². The summed E-state index contributed by atoms with van der Waals surface area (Å²) in [5.74, 6) is 1.44. The van der Waals surface area contributed by atoms with Gasteiger partial charge >= 0.3 is 0 Å². The van der Waals surface area contributed by atoms with E-state index in [2.05, 4.69) is 33.9 Å². The lowest BCUT2D eigenvalue weighted by molar-refractivity contribution is -0.119. The van der Waals surface area contributed by atoms with Gasteiger partial charge in [0.05, 0.1) is 19.7 Å². The van der Waals surface area contributed by atoms with Gasteiger partial charge in [-0.25, -0.2) is 4.99 Å². The standard InChI is InChI=1S/C18H30N4O2.HI/c1-5-10-24-16-11-14(4)8-9-15(16)12-21-18(20-7-3)22-13-17(23)19-6-2;/h8-9,11H,5-7,10,12-13H2,1-4H3,(H,19,23)(H2,20,21,22);1H. The molecule has 3 N–H and O–H groups in total. The lowest BCUT2D eigenvalue weighted by Crippen LogP contribution is -2.43. The summed E-state index contributed by atoms with van der Waals surface area (Å²) in [5.41, 5.74) is 2.19. The summed E-state index contributed by atoms with van der Waals surface area (Å²) in [4.78, 5) is 16.1. The van der Waals surface area contributed by atoms with Gasteiger partial charge < -0.3 is 20.7 Å². The summed E-state index contributed by atoms with van der Waals surface area (Å²) < 4.78 is 5.82. The Morgan fingerprint density at radius 3 is 2.48 bits per heavy atom. The number of amides is 1. The highest BCUT2D eigenvalue weighted by molar-refractivity contribution is 14.0. The fourth-order valence-electron chi connectivity index (χ4n) is 2.07. The Bertz CT molecular complexity index is 550. The number of hydrogen-bond donors (Lipinski definition) is 3. The molecule has 0 spiro atoms. The van der Waals surface area contributed by atoms with E-state index in [-0.39, 0.29) is 36.4 Å². The summed E-state index contributed by atoms with van der Waals surface area (Å²) in [6, 6.07) is 6.13. The van der Waals surface area contributed by atoms with E-state index in [0.717, 1.165) is 29.8 Å². The van der Waals surface area contributed by atoms with Crippen LogP contribution in [0.2, 0.25) is 0 Å². The molecule has 142 valence electrons. The van der Waals surface area contributed by atoms with Gasteiger partial charge in [-0.2, -0.15) is 0 Å². The van der Waals surface area contributed by atoms with Crippen LogP contribution in [0.4, 0.5) is 0 Å². The van der Waals surface area contributed by atoms with Crippen LogP contribution in [0.5, 0.6) is 5.75 Å². The molecule has 0 atom stereocenters. The van der Waals surface area contributed by atoms with Crippen molar-refractivity contribution < 1.29 is 9.53 Å². The Labute approximate surface area is 168 Å². The third-order valence-corrected chi connectivity index (χ3v) is 3.23. The molecule has 1 aromatic carbocycles. The van der Waals surface area contributed by atoms with Gasteiger partial charge in [0.1, 0.15) is 5.75 Å². The second kappa shape index (κ2) is 13.7. The first kappa shape index (κ1) is 23.5. The fourth-order valence-corrected chi connectivity index (χ4v) is 2.07. The number of aliphatic imine (C=N–C) groups is 1. The van der Waals surface area contributed by atoms with Crippen LogP contribution in [0.25, 0.3) is 0 Å². The molecule has 0 fully saturated rings. The van der Waals surface area contributed by atoms with Crippen molar-refractivity contribution in [1.29, 1.82) is 0 Å². The van der Waals surface area contributed by atoms with Crippen LogP contribution < -0.4 is 20.7 Å². The molecule has 0 heterocycles. The number of ether oxygens (including phenoxy) is 1. The number of carbonyl (C=O) groups excluding carboxylic acids is 1. The number of halogens is 1. The normalized spacial score (nSPS) is 10.6. The number of guanidine groups is 1. The van der Waals surface area contributed by atoms with Gasteiger partial charge in [0.25, 0.3) is 0 Å². The third kappa shape index (κ3) is 9.52. The molecule has 7 heteroatoms. The van der Waals surface area contributed by atoms with Crippen molar-refractivity contribution in [2.75, 3.05) is 26.2 Å². The minimum Gasteiger partial charge on any atom is -0.493 e. The SMILES string of the molecule is CCCOc1cc(C)ccc1CN=C(NCC)NCC(=O)NCC.I. The van der Waals surface area contributed by atoms with E-state index in [1.807, 2.05) is 32.9 Å². The van der Waals surface area contributed by atoms with Crippen molar-refractivity contribution in [3.05, 3.63) is 29.3 Å². The van der Waals surface area contributed by atoms with Gasteiger partial charge in [-0.05, 0) is 38.8 Å². The number of likely N-dealkylation sites (N-methyl/N-ethyl adjacent to an activating group) is 1. The van der Waals surface area contributed by atoms with Crippen LogP contribution >= 0.6 is 24.0 Å². The zero-order valence-electron chi connectivity index (χ0n) is 15.6. The maximum atomic E-state index is 11.6. The van der Waals surface area contributed by atoms with Crippen molar-refractivity contribution in [2.45, 2.75) is 40.7 Å². The monoisotopic (exact) mass is 462 g/mol. The van der Waals surface area contributed by atoms with E-state index in [1.54, 1.807) is 0 Å². The van der Waals surface area contributed by atoms with Crippen molar-refractivity contribution in [3.63, 3.8) is 0 Å². The topological polar surface area (TPSA) is 74.8 Å². The van der Waals surface area contributed by atoms with E-state index < -0.39 is 0 Å². The quantitative estimate of drug-likeness (QED) is 0.300. The highest BCUT2D eigenvalue weighted by Gasteiger charge is 2.06. The highest BCUT2D eigenvalue weighted by Crippen LogP contribution is 2.21. The lowest BCUT2D eigenvalue weighted by atomic mass is 10.1. The van der Waals surface area contributed by atoms with E-state index in [4.69, 9.17) is 4.74 Å². The second-order valence-corrected chi connectivity index (χ2v) is 5.46. The molecule has 1 rings (SSSR count). The average molecular weight is 462 g/mol. The summed E-state index contributed by atoms with van der Waals surface area (Å²) in [6.07, 6.45) is 0.966. The van der Waals surface area contributed by atoms with E-state index >= 15 is 0 Å². The summed E-state index contributed by atoms with van der Waals surface area (Å²) in [7, 11) is 0. The van der Waals surface area contributed by atoms with Crippen molar-refractivity contribution >= 4 is 35.8 Å². The van der Waals surface area contributed by atoms with Gasteiger partial charge in [-0.15, -0.1) is 24.0 Å². The van der Waals surface area contributed by atoms with Crippen molar-refractivity contribution in [1.82, 2.24) is 16.0 Å². The first-order valence-corrected chi connectivity index (χ1v) is 8.61. The molecule has 25 heavy (non-hydrogen) atoms. The van der Waals surface area contributed by atoms with E-state index in [0.29, 0.717) is 25.7 Å². The van der Waals surface area contributed by atoms with Crippen LogP contribution in [0.15, 0.2) is 23.2 Å². The highest BCUT2D eigenvalue weighted by atomic mass is 127. The number of aryl methyl sites for hydroxylation is 1. The molecule has 0 bridgehead atoms. The fraction of sp³-hybridized carbons (Fsp3) is 0.556. The minimum absolute atomic E-state index is 0. The lowest BCUT2D eigenvalue weighted by Gasteiger charge is -2.13. The molecule has 1 amide bonds. The smallest absolute Gasteiger partial charge is 0.239 e. The largest absolute Gasteiger partial charge is 0.493 e. The molecule has 0 radical (unpaired) electrons. The number of nitrogens with one attached hydrogen (secondary N) is 3. The first-order valence-electron chi connectivity index (χ1n) is 8.61. The van der Waals surface area contributed by atoms with Crippen LogP contribution in [-0.4, -0.2) is 38.1 Å². The Morgan fingerprint density at radius 2 is 1.84 bits per heavy atom. The van der Waals surface area contributed by atoms with Gasteiger partial charge in [0.2, 0.25) is 5.91 Å². The van der Waals surface area contributed by atoms with E-state index in [9.17, 15) is 4.79 Å². The molecular formula is C18H31IN4O2. The van der Waals surface area contributed by atoms with Crippen LogP contribution in [-0.2, 0) is 11.3 Å². The van der Waals surface area contributed by atoms with Crippen LogP contribution in [0, 0.1) is 6.92 Å². The van der Waals surface area contributed by atoms with Crippen molar-refractivity contribution in [3.8, 4) is 5.75 Å². The molecule has 0 aliphatic heterocycles. The molecule has 0 aliphatic carbocycles. The van der Waals surface area contributed by atoms with Gasteiger partial charge in [-0.1, -0.05) is 19.1 Å². The Balaban J connectivity index is 0.00000576. The minimum atomic E-state index is -0.0505. The number of benzene rings is 1. The van der Waals surface area contributed by atoms with Gasteiger partial charge in [0.15, 0.2) is 5.96 Å². The molecule has 6 nitrogen and oxygen atoms in total. The average Bonchev–Trinajstić information content (AvgIpc) is 2.56. The Morgan fingerprint density at radius 1 is 1.12 bits per heavy atom. The summed E-state index contributed by atoms with van der Waals surface area (Å²) in [6.45, 7) is 10.7. The summed E-state index contributed by atoms with van der Waals surface area (Å²) >= 11 is 0. The predicted octanol–water partition coefficient (Wildman–Crippen LogP) is 2.59. The summed E-state index contributed by atoms with van der Waals surface area (Å²) in [5, 5.41) is 8.93. The van der Waals surface area contributed by atoms with Gasteiger partial charge in [0, 0.05) is 18.7 Å². The molecule has 1 aromatic rings. The molecule has 0 saturated carbocycles. The maximum Gasteiger partial charge on any atom is 0.239 e. The molecule has 0 aromatic heterocycles. The Kier molecular flexibility index (Phi) is 12.9. The predicted molar refractivity (Wildman–Crippen MR) is 114 cm³/mol. The van der Waals surface area contributed by atoms with E-state index in [1.165, 1.54) is 0 Å². The number of nitrogens with zero attached hydrogens (tertiary/aromatic N) is 1. The zero-order chi connectivity index (χ0) is 17.8. The number of carbonyl (C=O) groups is 1. The first-order chi connectivity index (χ1) is 11.6. The molecular weight excluding hydrogens is 431 g/mol. The molecule has 0 unspecified atom stereocenters. The van der Waals surface area contributed by atoms with Crippen LogP contribution in [0.3, 0.4) is 0 Å². The second-order valence-electron chi connectivity index (χ2n) is 5.46. The van der Waals surface area contributed by atoms with Gasteiger partial charge in [-0.3, -0.25) is 4.79 Å². The molecule has 0 aliphatic rings. The third-order valence-electron chi connectivity index (χ3n) is 3.23. The molecule has 0 saturated heterocycles.